The molecule has 0 aliphatic heterocycles. The van der Waals surface area contributed by atoms with Crippen LogP contribution >= 0.6 is 11.6 Å². The standard InChI is InChI=1S/C16H22ClN3/c1-10(2)20-16(14(17)9-19-20)15(18)8-13-6-5-11(3)12(4)7-13/h5-7,9-10,15H,8,18H2,1-4H3. The maximum atomic E-state index is 6.35. The van der Waals surface area contributed by atoms with Gasteiger partial charge in [0.25, 0.3) is 0 Å². The van der Waals surface area contributed by atoms with E-state index >= 15 is 0 Å². The Labute approximate surface area is 125 Å². The second-order valence-corrected chi connectivity index (χ2v) is 6.05. The zero-order valence-electron chi connectivity index (χ0n) is 12.5. The van der Waals surface area contributed by atoms with Crippen molar-refractivity contribution in [2.45, 2.75) is 46.2 Å². The number of rotatable bonds is 4. The zero-order valence-corrected chi connectivity index (χ0v) is 13.3. The molecular formula is C16H22ClN3. The first-order valence-corrected chi connectivity index (χ1v) is 7.32. The van der Waals surface area contributed by atoms with E-state index in [0.717, 1.165) is 12.1 Å². The Bertz CT molecular complexity index is 602. The van der Waals surface area contributed by atoms with Gasteiger partial charge in [-0.05, 0) is 50.8 Å². The number of aromatic nitrogens is 2. The Balaban J connectivity index is 2.25. The molecule has 0 radical (unpaired) electrons. The predicted octanol–water partition coefficient (Wildman–Crippen LogP) is 3.98. The molecule has 0 amide bonds. The monoisotopic (exact) mass is 291 g/mol. The molecule has 1 unspecified atom stereocenters. The minimum atomic E-state index is -0.144. The van der Waals surface area contributed by atoms with Crippen LogP contribution in [0, 0.1) is 13.8 Å². The summed E-state index contributed by atoms with van der Waals surface area (Å²) in [5, 5.41) is 4.96. The molecule has 1 aromatic carbocycles. The Morgan fingerprint density at radius 1 is 1.25 bits per heavy atom. The van der Waals surface area contributed by atoms with Crippen molar-refractivity contribution in [2.24, 2.45) is 5.73 Å². The smallest absolute Gasteiger partial charge is 0.0834 e. The van der Waals surface area contributed by atoms with Gasteiger partial charge in [-0.15, -0.1) is 0 Å². The number of benzene rings is 1. The number of hydrogen-bond donors (Lipinski definition) is 1. The van der Waals surface area contributed by atoms with Crippen molar-refractivity contribution in [3.05, 3.63) is 51.8 Å². The van der Waals surface area contributed by atoms with E-state index in [1.165, 1.54) is 16.7 Å². The van der Waals surface area contributed by atoms with Gasteiger partial charge < -0.3 is 5.73 Å². The van der Waals surface area contributed by atoms with Crippen LogP contribution in [0.15, 0.2) is 24.4 Å². The van der Waals surface area contributed by atoms with Crippen LogP contribution in [0.3, 0.4) is 0 Å². The van der Waals surface area contributed by atoms with Crippen molar-refractivity contribution in [3.8, 4) is 0 Å². The molecule has 20 heavy (non-hydrogen) atoms. The molecule has 2 rings (SSSR count). The van der Waals surface area contributed by atoms with Gasteiger partial charge in [0.2, 0.25) is 0 Å². The van der Waals surface area contributed by atoms with Crippen LogP contribution in [0.4, 0.5) is 0 Å². The molecule has 2 N–H and O–H groups in total. The van der Waals surface area contributed by atoms with Crippen LogP contribution in [0.25, 0.3) is 0 Å². The van der Waals surface area contributed by atoms with Crippen molar-refractivity contribution >= 4 is 11.6 Å². The second-order valence-electron chi connectivity index (χ2n) is 5.65. The van der Waals surface area contributed by atoms with Crippen molar-refractivity contribution in [1.29, 1.82) is 0 Å². The lowest BCUT2D eigenvalue weighted by atomic mass is 9.99. The lowest BCUT2D eigenvalue weighted by molar-refractivity contribution is 0.485. The molecule has 0 fully saturated rings. The minimum absolute atomic E-state index is 0.144. The van der Waals surface area contributed by atoms with Crippen molar-refractivity contribution in [3.63, 3.8) is 0 Å². The molecule has 1 aromatic heterocycles. The molecule has 108 valence electrons. The molecule has 0 spiro atoms. The van der Waals surface area contributed by atoms with Crippen LogP contribution in [-0.4, -0.2) is 9.78 Å². The van der Waals surface area contributed by atoms with Gasteiger partial charge in [-0.2, -0.15) is 5.10 Å². The van der Waals surface area contributed by atoms with Gasteiger partial charge in [0.05, 0.1) is 23.0 Å². The fraction of sp³-hybridized carbons (Fsp3) is 0.438. The summed E-state index contributed by atoms with van der Waals surface area (Å²) in [5.41, 5.74) is 11.1. The molecule has 1 heterocycles. The quantitative estimate of drug-likeness (QED) is 0.926. The van der Waals surface area contributed by atoms with Crippen LogP contribution < -0.4 is 5.73 Å². The highest BCUT2D eigenvalue weighted by molar-refractivity contribution is 6.31. The number of hydrogen-bond acceptors (Lipinski definition) is 2. The van der Waals surface area contributed by atoms with Gasteiger partial charge >= 0.3 is 0 Å². The molecule has 0 bridgehead atoms. The number of halogens is 1. The van der Waals surface area contributed by atoms with E-state index in [1.54, 1.807) is 6.20 Å². The highest BCUT2D eigenvalue weighted by atomic mass is 35.5. The highest BCUT2D eigenvalue weighted by Gasteiger charge is 2.19. The third-order valence-corrected chi connectivity index (χ3v) is 3.95. The van der Waals surface area contributed by atoms with Crippen LogP contribution in [0.1, 0.15) is 48.3 Å². The van der Waals surface area contributed by atoms with Crippen molar-refractivity contribution < 1.29 is 0 Å². The Morgan fingerprint density at radius 3 is 2.55 bits per heavy atom. The van der Waals surface area contributed by atoms with E-state index < -0.39 is 0 Å². The average Bonchev–Trinajstić information content (AvgIpc) is 2.76. The van der Waals surface area contributed by atoms with Crippen LogP contribution in [0.5, 0.6) is 0 Å². The first-order valence-electron chi connectivity index (χ1n) is 6.94. The third-order valence-electron chi connectivity index (χ3n) is 3.65. The van der Waals surface area contributed by atoms with Crippen molar-refractivity contribution in [2.75, 3.05) is 0 Å². The largest absolute Gasteiger partial charge is 0.322 e. The molecule has 3 nitrogen and oxygen atoms in total. The topological polar surface area (TPSA) is 43.8 Å². The summed E-state index contributed by atoms with van der Waals surface area (Å²) in [6.45, 7) is 8.39. The summed E-state index contributed by atoms with van der Waals surface area (Å²) in [7, 11) is 0. The summed E-state index contributed by atoms with van der Waals surface area (Å²) in [4.78, 5) is 0. The molecular weight excluding hydrogens is 270 g/mol. The summed E-state index contributed by atoms with van der Waals surface area (Å²) >= 11 is 6.24. The number of nitrogens with zero attached hydrogens (tertiary/aromatic N) is 2. The molecule has 0 saturated heterocycles. The summed E-state index contributed by atoms with van der Waals surface area (Å²) < 4.78 is 1.91. The van der Waals surface area contributed by atoms with Crippen LogP contribution in [0.2, 0.25) is 5.02 Å². The molecule has 4 heteroatoms. The van der Waals surface area contributed by atoms with Gasteiger partial charge in [0.15, 0.2) is 0 Å². The van der Waals surface area contributed by atoms with Gasteiger partial charge in [0, 0.05) is 6.04 Å². The maximum absolute atomic E-state index is 6.35. The Kier molecular flexibility index (Phi) is 4.51. The Morgan fingerprint density at radius 2 is 1.95 bits per heavy atom. The average molecular weight is 292 g/mol. The fourth-order valence-corrected chi connectivity index (χ4v) is 2.66. The second kappa shape index (κ2) is 5.98. The normalized spacial score (nSPS) is 12.9. The van der Waals surface area contributed by atoms with Crippen molar-refractivity contribution in [1.82, 2.24) is 9.78 Å². The lowest BCUT2D eigenvalue weighted by Gasteiger charge is -2.18. The van der Waals surface area contributed by atoms with E-state index in [4.69, 9.17) is 17.3 Å². The summed E-state index contributed by atoms with van der Waals surface area (Å²) in [6.07, 6.45) is 2.44. The first kappa shape index (κ1) is 15.1. The summed E-state index contributed by atoms with van der Waals surface area (Å²) in [6, 6.07) is 6.57. The lowest BCUT2D eigenvalue weighted by Crippen LogP contribution is -2.20. The van der Waals surface area contributed by atoms with E-state index in [0.29, 0.717) is 5.02 Å². The Hall–Kier alpha value is -1.32. The number of nitrogens with two attached hydrogens (primary N) is 1. The molecule has 2 aromatic rings. The molecule has 0 aliphatic rings. The fourth-order valence-electron chi connectivity index (χ4n) is 2.39. The minimum Gasteiger partial charge on any atom is -0.322 e. The van der Waals surface area contributed by atoms with E-state index in [9.17, 15) is 0 Å². The SMILES string of the molecule is Cc1ccc(CC(N)c2c(Cl)cnn2C(C)C)cc1C. The molecule has 0 saturated carbocycles. The number of aryl methyl sites for hydroxylation is 2. The van der Waals surface area contributed by atoms with E-state index in [2.05, 4.69) is 51.0 Å². The van der Waals surface area contributed by atoms with Gasteiger partial charge in [-0.3, -0.25) is 4.68 Å². The van der Waals surface area contributed by atoms with E-state index in [1.807, 2.05) is 4.68 Å². The van der Waals surface area contributed by atoms with E-state index in [-0.39, 0.29) is 12.1 Å². The zero-order chi connectivity index (χ0) is 14.9. The summed E-state index contributed by atoms with van der Waals surface area (Å²) in [5.74, 6) is 0. The highest BCUT2D eigenvalue weighted by Crippen LogP contribution is 2.26. The maximum Gasteiger partial charge on any atom is 0.0834 e. The molecule has 0 aliphatic carbocycles. The predicted molar refractivity (Wildman–Crippen MR) is 84.2 cm³/mol. The van der Waals surface area contributed by atoms with Gasteiger partial charge in [-0.1, -0.05) is 29.8 Å². The third kappa shape index (κ3) is 3.05. The molecule has 1 atom stereocenters. The van der Waals surface area contributed by atoms with Gasteiger partial charge in [-0.25, -0.2) is 0 Å². The van der Waals surface area contributed by atoms with Crippen LogP contribution in [-0.2, 0) is 6.42 Å². The first-order chi connectivity index (χ1) is 9.40. The van der Waals surface area contributed by atoms with Gasteiger partial charge in [0.1, 0.15) is 0 Å².